The minimum atomic E-state index is -0.932. The Hall–Kier alpha value is -0.160. The molecule has 11 heavy (non-hydrogen) atoms. The lowest BCUT2D eigenvalue weighted by atomic mass is 9.93. The summed E-state index contributed by atoms with van der Waals surface area (Å²) >= 11 is 0. The summed E-state index contributed by atoms with van der Waals surface area (Å²) < 4.78 is 4.96. The van der Waals surface area contributed by atoms with Crippen molar-refractivity contribution >= 4 is 0 Å². The van der Waals surface area contributed by atoms with Crippen LogP contribution in [0.4, 0.5) is 0 Å². The zero-order valence-corrected chi connectivity index (χ0v) is 6.47. The van der Waals surface area contributed by atoms with Gasteiger partial charge in [0, 0.05) is 12.3 Å². The third-order valence-electron chi connectivity index (χ3n) is 2.15. The Bertz CT molecular complexity index is 128. The first-order valence-corrected chi connectivity index (χ1v) is 3.77. The maximum Gasteiger partial charge on any atom is 0.157 e. The van der Waals surface area contributed by atoms with Gasteiger partial charge in [0.2, 0.25) is 0 Å². The van der Waals surface area contributed by atoms with Crippen LogP contribution in [0.25, 0.3) is 0 Å². The Morgan fingerprint density at radius 3 is 2.64 bits per heavy atom. The van der Waals surface area contributed by atoms with E-state index >= 15 is 0 Å². The molecular weight excluding hydrogens is 148 g/mol. The highest BCUT2D eigenvalue weighted by molar-refractivity contribution is 4.78. The van der Waals surface area contributed by atoms with Crippen molar-refractivity contribution < 1.29 is 20.1 Å². The Labute approximate surface area is 65.4 Å². The molecule has 1 aliphatic heterocycles. The summed E-state index contributed by atoms with van der Waals surface area (Å²) in [5, 5.41) is 27.1. The van der Waals surface area contributed by atoms with Gasteiger partial charge < -0.3 is 20.1 Å². The van der Waals surface area contributed by atoms with E-state index in [1.807, 2.05) is 0 Å². The fourth-order valence-electron chi connectivity index (χ4n) is 1.26. The van der Waals surface area contributed by atoms with Gasteiger partial charge in [0.15, 0.2) is 6.29 Å². The third-order valence-corrected chi connectivity index (χ3v) is 2.15. The molecule has 1 rings (SSSR count). The van der Waals surface area contributed by atoms with E-state index in [-0.39, 0.29) is 18.9 Å². The van der Waals surface area contributed by atoms with Gasteiger partial charge in [0.25, 0.3) is 0 Å². The second-order valence-corrected chi connectivity index (χ2v) is 2.97. The second-order valence-electron chi connectivity index (χ2n) is 2.97. The summed E-state index contributed by atoms with van der Waals surface area (Å²) in [6.07, 6.45) is -1.71. The van der Waals surface area contributed by atoms with Crippen LogP contribution in [0.15, 0.2) is 0 Å². The molecule has 0 unspecified atom stereocenters. The normalized spacial score (nSPS) is 45.8. The van der Waals surface area contributed by atoms with Crippen molar-refractivity contribution in [2.45, 2.75) is 31.8 Å². The number of aliphatic hydroxyl groups is 3. The summed E-state index contributed by atoms with van der Waals surface area (Å²) in [5.41, 5.74) is 0. The number of hydrogen-bond acceptors (Lipinski definition) is 4. The van der Waals surface area contributed by atoms with Crippen molar-refractivity contribution in [3.05, 3.63) is 0 Å². The molecule has 0 aromatic rings. The molecule has 1 saturated heterocycles. The van der Waals surface area contributed by atoms with Crippen molar-refractivity contribution in [2.24, 2.45) is 5.92 Å². The van der Waals surface area contributed by atoms with Gasteiger partial charge in [-0.05, 0) is 0 Å². The molecule has 0 bridgehead atoms. The van der Waals surface area contributed by atoms with Crippen LogP contribution < -0.4 is 0 Å². The molecule has 66 valence electrons. The first kappa shape index (κ1) is 8.93. The smallest absolute Gasteiger partial charge is 0.157 e. The molecule has 0 radical (unpaired) electrons. The summed E-state index contributed by atoms with van der Waals surface area (Å²) in [6, 6.07) is 0. The van der Waals surface area contributed by atoms with Gasteiger partial charge in [0.05, 0.1) is 18.8 Å². The van der Waals surface area contributed by atoms with E-state index in [9.17, 15) is 5.11 Å². The number of aliphatic hydroxyl groups excluding tert-OH is 3. The highest BCUT2D eigenvalue weighted by atomic mass is 16.6. The van der Waals surface area contributed by atoms with Crippen LogP contribution in [-0.2, 0) is 4.74 Å². The molecule has 4 nitrogen and oxygen atoms in total. The van der Waals surface area contributed by atoms with Crippen molar-refractivity contribution in [3.8, 4) is 0 Å². The van der Waals surface area contributed by atoms with E-state index in [0.29, 0.717) is 0 Å². The van der Waals surface area contributed by atoms with Crippen LogP contribution in [0.3, 0.4) is 0 Å². The lowest BCUT2D eigenvalue weighted by Crippen LogP contribution is -2.44. The molecular formula is C7H14O4. The molecule has 0 spiro atoms. The summed E-state index contributed by atoms with van der Waals surface area (Å²) in [4.78, 5) is 0. The predicted molar refractivity (Wildman–Crippen MR) is 37.8 cm³/mol. The zero-order valence-electron chi connectivity index (χ0n) is 6.47. The largest absolute Gasteiger partial charge is 0.394 e. The fourth-order valence-corrected chi connectivity index (χ4v) is 1.26. The minimum absolute atomic E-state index is 0.108. The molecule has 4 heteroatoms. The van der Waals surface area contributed by atoms with E-state index < -0.39 is 18.5 Å². The van der Waals surface area contributed by atoms with E-state index in [1.54, 1.807) is 6.92 Å². The van der Waals surface area contributed by atoms with Crippen LogP contribution in [-0.4, -0.2) is 40.4 Å². The van der Waals surface area contributed by atoms with Gasteiger partial charge >= 0.3 is 0 Å². The second kappa shape index (κ2) is 3.49. The van der Waals surface area contributed by atoms with Gasteiger partial charge in [0.1, 0.15) is 0 Å². The molecule has 0 aliphatic carbocycles. The molecule has 0 aromatic heterocycles. The van der Waals surface area contributed by atoms with Crippen molar-refractivity contribution in [1.29, 1.82) is 0 Å². The highest BCUT2D eigenvalue weighted by Crippen LogP contribution is 2.23. The van der Waals surface area contributed by atoms with E-state index in [0.717, 1.165) is 0 Å². The standard InChI is InChI=1S/C7H14O4/c1-4-5(9)2-7(10)11-6(4)3-8/h4-10H,2-3H2,1H3/t4-,5+,6+,7+/m0/s1. The van der Waals surface area contributed by atoms with Crippen LogP contribution in [0, 0.1) is 5.92 Å². The lowest BCUT2D eigenvalue weighted by molar-refractivity contribution is -0.219. The molecule has 4 atom stereocenters. The Morgan fingerprint density at radius 2 is 2.09 bits per heavy atom. The van der Waals surface area contributed by atoms with Crippen molar-refractivity contribution in [3.63, 3.8) is 0 Å². The SMILES string of the molecule is C[C@H]1[C@H](O)C[C@H](O)O[C@@H]1CO. The van der Waals surface area contributed by atoms with Gasteiger partial charge in [-0.3, -0.25) is 0 Å². The monoisotopic (exact) mass is 162 g/mol. The van der Waals surface area contributed by atoms with E-state index in [4.69, 9.17) is 14.9 Å². The Morgan fingerprint density at radius 1 is 1.45 bits per heavy atom. The molecule has 0 amide bonds. The molecule has 3 N–H and O–H groups in total. The van der Waals surface area contributed by atoms with Crippen LogP contribution in [0.1, 0.15) is 13.3 Å². The van der Waals surface area contributed by atoms with Crippen LogP contribution in [0.5, 0.6) is 0 Å². The van der Waals surface area contributed by atoms with E-state index in [1.165, 1.54) is 0 Å². The molecule has 1 heterocycles. The molecule has 0 saturated carbocycles. The quantitative estimate of drug-likeness (QED) is 0.466. The lowest BCUT2D eigenvalue weighted by Gasteiger charge is -2.34. The molecule has 1 fully saturated rings. The molecule has 1 aliphatic rings. The maximum absolute atomic E-state index is 9.30. The van der Waals surface area contributed by atoms with Crippen molar-refractivity contribution in [1.82, 2.24) is 0 Å². The van der Waals surface area contributed by atoms with Crippen LogP contribution in [0.2, 0.25) is 0 Å². The zero-order chi connectivity index (χ0) is 8.43. The van der Waals surface area contributed by atoms with Gasteiger partial charge in [-0.2, -0.15) is 0 Å². The first-order valence-electron chi connectivity index (χ1n) is 3.77. The minimum Gasteiger partial charge on any atom is -0.394 e. The fraction of sp³-hybridized carbons (Fsp3) is 1.00. The summed E-state index contributed by atoms with van der Waals surface area (Å²) in [6.45, 7) is 1.63. The summed E-state index contributed by atoms with van der Waals surface area (Å²) in [7, 11) is 0. The van der Waals surface area contributed by atoms with Crippen LogP contribution >= 0.6 is 0 Å². The topological polar surface area (TPSA) is 69.9 Å². The first-order chi connectivity index (χ1) is 5.15. The van der Waals surface area contributed by atoms with Gasteiger partial charge in [-0.25, -0.2) is 0 Å². The highest BCUT2D eigenvalue weighted by Gasteiger charge is 2.33. The number of rotatable bonds is 1. The summed E-state index contributed by atoms with van der Waals surface area (Å²) in [5.74, 6) is -0.108. The maximum atomic E-state index is 9.30. The average molecular weight is 162 g/mol. The number of ether oxygens (including phenoxy) is 1. The van der Waals surface area contributed by atoms with E-state index in [2.05, 4.69) is 0 Å². The average Bonchev–Trinajstić information content (AvgIpc) is 1.96. The Balaban J connectivity index is 2.51. The van der Waals surface area contributed by atoms with Gasteiger partial charge in [-0.1, -0.05) is 6.92 Å². The Kier molecular flexibility index (Phi) is 2.84. The number of hydrogen-bond donors (Lipinski definition) is 3. The predicted octanol–water partition coefficient (Wildman–Crippen LogP) is -0.917. The third kappa shape index (κ3) is 1.90. The van der Waals surface area contributed by atoms with Crippen molar-refractivity contribution in [2.75, 3.05) is 6.61 Å². The molecule has 0 aromatic carbocycles. The van der Waals surface area contributed by atoms with Gasteiger partial charge in [-0.15, -0.1) is 0 Å².